The van der Waals surface area contributed by atoms with Crippen LogP contribution in [0, 0.1) is 13.8 Å². The Morgan fingerprint density at radius 3 is 3.00 bits per heavy atom. The van der Waals surface area contributed by atoms with Gasteiger partial charge in [-0.15, -0.1) is 0 Å². The summed E-state index contributed by atoms with van der Waals surface area (Å²) < 4.78 is 11.1. The Morgan fingerprint density at radius 1 is 1.44 bits per heavy atom. The Balaban J connectivity index is 1.76. The first-order valence-corrected chi connectivity index (χ1v) is 8.73. The summed E-state index contributed by atoms with van der Waals surface area (Å²) in [6, 6.07) is 1.68. The predicted molar refractivity (Wildman–Crippen MR) is 90.3 cm³/mol. The molecule has 3 heterocycles. The van der Waals surface area contributed by atoms with Crippen LogP contribution < -0.4 is 0 Å². The van der Waals surface area contributed by atoms with Crippen molar-refractivity contribution in [2.24, 2.45) is 0 Å². The first-order valence-electron chi connectivity index (χ1n) is 8.73. The fraction of sp³-hybridized carbons (Fsp3) is 0.611. The van der Waals surface area contributed by atoms with Gasteiger partial charge in [0, 0.05) is 19.3 Å². The van der Waals surface area contributed by atoms with E-state index in [1.165, 1.54) is 0 Å². The zero-order valence-electron chi connectivity index (χ0n) is 14.8. The number of aryl methyl sites for hydroxylation is 2. The number of carbonyl (C=O) groups is 1. The normalized spacial score (nSPS) is 29.2. The molecule has 1 aliphatic heterocycles. The average Bonchev–Trinajstić information content (AvgIpc) is 3.15. The first-order chi connectivity index (χ1) is 11.9. The van der Waals surface area contributed by atoms with Crippen molar-refractivity contribution in [1.29, 1.82) is 0 Å². The Bertz CT molecular complexity index is 833. The molecule has 1 saturated carbocycles. The molecule has 1 saturated heterocycles. The molecule has 2 fully saturated rings. The van der Waals surface area contributed by atoms with Crippen molar-refractivity contribution < 1.29 is 19.2 Å². The van der Waals surface area contributed by atoms with E-state index in [0.717, 1.165) is 19.3 Å². The topological polar surface area (TPSA) is 88.7 Å². The van der Waals surface area contributed by atoms with E-state index in [2.05, 4.69) is 10.1 Å². The van der Waals surface area contributed by atoms with E-state index in [4.69, 9.17) is 9.26 Å². The van der Waals surface area contributed by atoms with E-state index in [9.17, 15) is 9.90 Å². The molecule has 0 aromatic carbocycles. The number of nitrogens with zero attached hydrogens (tertiary/aromatic N) is 3. The van der Waals surface area contributed by atoms with Gasteiger partial charge in [0.25, 0.3) is 11.6 Å². The zero-order valence-corrected chi connectivity index (χ0v) is 14.8. The van der Waals surface area contributed by atoms with Crippen LogP contribution in [0.15, 0.2) is 10.6 Å². The van der Waals surface area contributed by atoms with Crippen LogP contribution in [-0.4, -0.2) is 57.5 Å². The number of aliphatic hydroxyl groups is 1. The van der Waals surface area contributed by atoms with Crippen LogP contribution in [0.4, 0.5) is 0 Å². The van der Waals surface area contributed by atoms with Gasteiger partial charge in [-0.2, -0.15) is 0 Å². The highest BCUT2D eigenvalue weighted by molar-refractivity contribution is 6.06. The molecular weight excluding hydrogens is 322 g/mol. The molecule has 1 N–H and O–H groups in total. The van der Waals surface area contributed by atoms with Gasteiger partial charge in [-0.3, -0.25) is 4.79 Å². The lowest BCUT2D eigenvalue weighted by atomic mass is 9.79. The highest BCUT2D eigenvalue weighted by Gasteiger charge is 2.52. The third-order valence-corrected chi connectivity index (χ3v) is 5.80. The molecule has 134 valence electrons. The fourth-order valence-electron chi connectivity index (χ4n) is 4.46. The smallest absolute Gasteiger partial charge is 0.258 e. The molecule has 1 amide bonds. The van der Waals surface area contributed by atoms with Gasteiger partial charge in [-0.05, 0) is 45.6 Å². The molecule has 0 spiro atoms. The van der Waals surface area contributed by atoms with E-state index in [0.29, 0.717) is 41.0 Å². The fourth-order valence-corrected chi connectivity index (χ4v) is 4.46. The third-order valence-electron chi connectivity index (χ3n) is 5.80. The molecule has 2 aromatic heterocycles. The second kappa shape index (κ2) is 5.78. The number of fused-ring (bicyclic) bond motifs is 2. The molecule has 7 nitrogen and oxygen atoms in total. The minimum absolute atomic E-state index is 0.0696. The van der Waals surface area contributed by atoms with Crippen molar-refractivity contribution in [2.45, 2.75) is 57.3 Å². The number of aliphatic hydroxyl groups excluding tert-OH is 1. The lowest BCUT2D eigenvalue weighted by molar-refractivity contribution is -0.0824. The summed E-state index contributed by atoms with van der Waals surface area (Å²) in [6.07, 6.45) is 2.45. The highest BCUT2D eigenvalue weighted by Crippen LogP contribution is 2.43. The number of pyridine rings is 1. The van der Waals surface area contributed by atoms with Crippen LogP contribution in [0.25, 0.3) is 11.1 Å². The van der Waals surface area contributed by atoms with Crippen molar-refractivity contribution in [3.05, 3.63) is 23.0 Å². The lowest BCUT2D eigenvalue weighted by Gasteiger charge is -2.42. The van der Waals surface area contributed by atoms with Crippen molar-refractivity contribution >= 4 is 17.0 Å². The maximum atomic E-state index is 13.4. The second-order valence-electron chi connectivity index (χ2n) is 7.22. The van der Waals surface area contributed by atoms with Crippen molar-refractivity contribution in [1.82, 2.24) is 15.0 Å². The molecule has 0 unspecified atom stereocenters. The Kier molecular flexibility index (Phi) is 3.81. The molecular formula is C18H23N3O4. The maximum absolute atomic E-state index is 13.4. The molecule has 0 bridgehead atoms. The average molecular weight is 345 g/mol. The molecule has 7 heteroatoms. The number of hydrogen-bond acceptors (Lipinski definition) is 6. The standard InChI is InChI=1S/C18H23N3O4/c1-10-8-13(15-11(2)20-25-16(15)19-10)17(23)21-7-6-18(24-3)5-4-12(22)9-14(18)21/h8,12,14,22H,4-7,9H2,1-3H3/t12-,14-,18+/m0/s1. The number of hydrogen-bond donors (Lipinski definition) is 1. The van der Waals surface area contributed by atoms with Gasteiger partial charge in [0.15, 0.2) is 0 Å². The van der Waals surface area contributed by atoms with Gasteiger partial charge in [0.05, 0.1) is 34.4 Å². The van der Waals surface area contributed by atoms with Gasteiger partial charge in [-0.25, -0.2) is 4.98 Å². The maximum Gasteiger partial charge on any atom is 0.258 e. The van der Waals surface area contributed by atoms with Crippen molar-refractivity contribution in [3.8, 4) is 0 Å². The van der Waals surface area contributed by atoms with Crippen LogP contribution in [-0.2, 0) is 4.74 Å². The van der Waals surface area contributed by atoms with Gasteiger partial charge in [0.2, 0.25) is 0 Å². The summed E-state index contributed by atoms with van der Waals surface area (Å²) >= 11 is 0. The summed E-state index contributed by atoms with van der Waals surface area (Å²) in [5.41, 5.74) is 1.98. The van der Waals surface area contributed by atoms with Gasteiger partial charge in [0.1, 0.15) is 0 Å². The summed E-state index contributed by atoms with van der Waals surface area (Å²) in [5.74, 6) is -0.0696. The van der Waals surface area contributed by atoms with E-state index in [-0.39, 0.29) is 17.6 Å². The summed E-state index contributed by atoms with van der Waals surface area (Å²) in [4.78, 5) is 19.6. The number of rotatable bonds is 2. The summed E-state index contributed by atoms with van der Waals surface area (Å²) in [6.45, 7) is 4.27. The predicted octanol–water partition coefficient (Wildman–Crippen LogP) is 1.98. The van der Waals surface area contributed by atoms with Crippen LogP contribution in [0.1, 0.15) is 47.4 Å². The number of likely N-dealkylation sites (tertiary alicyclic amines) is 1. The highest BCUT2D eigenvalue weighted by atomic mass is 16.5. The Labute approximate surface area is 145 Å². The Morgan fingerprint density at radius 2 is 2.24 bits per heavy atom. The Hall–Kier alpha value is -1.99. The first kappa shape index (κ1) is 16.5. The summed E-state index contributed by atoms with van der Waals surface area (Å²) in [7, 11) is 1.71. The van der Waals surface area contributed by atoms with Crippen LogP contribution in [0.5, 0.6) is 0 Å². The second-order valence-corrected chi connectivity index (χ2v) is 7.22. The minimum Gasteiger partial charge on any atom is -0.393 e. The molecule has 1 aliphatic carbocycles. The molecule has 25 heavy (non-hydrogen) atoms. The minimum atomic E-state index is -0.391. The van der Waals surface area contributed by atoms with E-state index >= 15 is 0 Å². The van der Waals surface area contributed by atoms with E-state index < -0.39 is 6.10 Å². The number of carbonyl (C=O) groups excluding carboxylic acids is 1. The molecule has 4 rings (SSSR count). The third kappa shape index (κ3) is 2.45. The van der Waals surface area contributed by atoms with Crippen molar-refractivity contribution in [2.75, 3.05) is 13.7 Å². The number of ether oxygens (including phenoxy) is 1. The molecule has 3 atom stereocenters. The van der Waals surface area contributed by atoms with Gasteiger partial charge in [-0.1, -0.05) is 5.16 Å². The monoisotopic (exact) mass is 345 g/mol. The largest absolute Gasteiger partial charge is 0.393 e. The lowest BCUT2D eigenvalue weighted by Crippen LogP contribution is -2.52. The number of aromatic nitrogens is 2. The zero-order chi connectivity index (χ0) is 17.8. The van der Waals surface area contributed by atoms with Crippen LogP contribution in [0.3, 0.4) is 0 Å². The van der Waals surface area contributed by atoms with Crippen LogP contribution >= 0.6 is 0 Å². The molecule has 2 aliphatic rings. The van der Waals surface area contributed by atoms with E-state index in [1.807, 2.05) is 18.7 Å². The van der Waals surface area contributed by atoms with Gasteiger partial charge >= 0.3 is 0 Å². The van der Waals surface area contributed by atoms with E-state index in [1.54, 1.807) is 13.2 Å². The molecule has 2 aromatic rings. The quantitative estimate of drug-likeness (QED) is 0.895. The van der Waals surface area contributed by atoms with Gasteiger partial charge < -0.3 is 19.3 Å². The van der Waals surface area contributed by atoms with Crippen LogP contribution in [0.2, 0.25) is 0 Å². The number of amides is 1. The SMILES string of the molecule is CO[C@@]12CC[C@H](O)C[C@@H]1N(C(=O)c1cc(C)nc3onc(C)c13)CC2. The number of methoxy groups -OCH3 is 1. The summed E-state index contributed by atoms with van der Waals surface area (Å²) in [5, 5.41) is 14.8. The molecule has 0 radical (unpaired) electrons. The van der Waals surface area contributed by atoms with Crippen molar-refractivity contribution in [3.63, 3.8) is 0 Å².